The standard InChI is InChI=1S/C28H29F7N6O3/c29-26(30)44-22-12-17(6-10-36-22)25(43)40-24(16-3-7-27(31,32)8-4-16)19-14-41-20(38-19)11-18(13-37-41)23(15-1-2-15)39-21(42)5-9-28(33,34)35/h6,10-16,23-24,26H,1-5,7-9H2,(H,39,42)(H,40,43)/t23-,24+/m1/s1. The topological polar surface area (TPSA) is 111 Å². The van der Waals surface area contributed by atoms with Gasteiger partial charge in [-0.15, -0.1) is 0 Å². The van der Waals surface area contributed by atoms with Gasteiger partial charge in [0.1, 0.15) is 0 Å². The van der Waals surface area contributed by atoms with Crippen LogP contribution in [0.4, 0.5) is 30.7 Å². The van der Waals surface area contributed by atoms with E-state index < -0.39 is 80.1 Å². The normalized spacial score (nSPS) is 18.6. The van der Waals surface area contributed by atoms with Crippen molar-refractivity contribution in [3.63, 3.8) is 0 Å². The third-order valence-electron chi connectivity index (χ3n) is 7.81. The molecule has 2 aliphatic carbocycles. The molecule has 3 aromatic heterocycles. The number of alkyl halides is 7. The van der Waals surface area contributed by atoms with Crippen LogP contribution >= 0.6 is 0 Å². The zero-order valence-corrected chi connectivity index (χ0v) is 23.2. The van der Waals surface area contributed by atoms with Crippen LogP contribution in [-0.4, -0.2) is 50.1 Å². The molecule has 238 valence electrons. The van der Waals surface area contributed by atoms with Crippen LogP contribution in [0, 0.1) is 11.8 Å². The molecule has 0 radical (unpaired) electrons. The molecule has 3 heterocycles. The van der Waals surface area contributed by atoms with E-state index in [1.165, 1.54) is 23.0 Å². The lowest BCUT2D eigenvalue weighted by Crippen LogP contribution is -2.37. The van der Waals surface area contributed by atoms with Gasteiger partial charge in [-0.3, -0.25) is 9.59 Å². The van der Waals surface area contributed by atoms with Crippen molar-refractivity contribution in [2.24, 2.45) is 11.8 Å². The minimum atomic E-state index is -4.46. The maximum atomic E-state index is 14.0. The number of nitrogens with one attached hydrogen (secondary N) is 2. The molecule has 44 heavy (non-hydrogen) atoms. The molecule has 2 aliphatic rings. The Morgan fingerprint density at radius 3 is 2.41 bits per heavy atom. The Bertz CT molecular complexity index is 1480. The second-order valence-electron chi connectivity index (χ2n) is 11.2. The van der Waals surface area contributed by atoms with Gasteiger partial charge in [0.05, 0.1) is 36.6 Å². The molecule has 2 N–H and O–H groups in total. The number of amides is 2. The molecular formula is C28H29F7N6O3. The van der Waals surface area contributed by atoms with E-state index in [1.807, 2.05) is 0 Å². The van der Waals surface area contributed by atoms with Gasteiger partial charge in [0, 0.05) is 37.1 Å². The highest BCUT2D eigenvalue weighted by atomic mass is 19.4. The van der Waals surface area contributed by atoms with Crippen molar-refractivity contribution >= 4 is 17.5 Å². The zero-order valence-electron chi connectivity index (χ0n) is 23.2. The number of imidazole rings is 1. The number of carbonyl (C=O) groups is 2. The van der Waals surface area contributed by atoms with Crippen molar-refractivity contribution in [2.75, 3.05) is 0 Å². The molecular weight excluding hydrogens is 601 g/mol. The summed E-state index contributed by atoms with van der Waals surface area (Å²) in [4.78, 5) is 33.7. The lowest BCUT2D eigenvalue weighted by molar-refractivity contribution is -0.144. The smallest absolute Gasteiger partial charge is 0.389 e. The summed E-state index contributed by atoms with van der Waals surface area (Å²) in [6.07, 6.45) is -1.36. The van der Waals surface area contributed by atoms with Gasteiger partial charge < -0.3 is 15.4 Å². The van der Waals surface area contributed by atoms with Crippen LogP contribution < -0.4 is 15.4 Å². The number of ether oxygens (including phenoxy) is 1. The Hall–Kier alpha value is -3.98. The number of halogens is 7. The third kappa shape index (κ3) is 8.14. The molecule has 0 aliphatic heterocycles. The highest BCUT2D eigenvalue weighted by Gasteiger charge is 2.40. The van der Waals surface area contributed by atoms with E-state index >= 15 is 0 Å². The molecule has 0 saturated heterocycles. The predicted octanol–water partition coefficient (Wildman–Crippen LogP) is 5.93. The van der Waals surface area contributed by atoms with Crippen molar-refractivity contribution in [1.29, 1.82) is 0 Å². The fourth-order valence-electron chi connectivity index (χ4n) is 5.39. The van der Waals surface area contributed by atoms with Crippen molar-refractivity contribution in [2.45, 2.75) is 82.2 Å². The molecule has 2 saturated carbocycles. The monoisotopic (exact) mass is 630 g/mol. The van der Waals surface area contributed by atoms with Crippen molar-refractivity contribution < 1.29 is 45.1 Å². The van der Waals surface area contributed by atoms with Crippen molar-refractivity contribution in [3.05, 3.63) is 53.6 Å². The highest BCUT2D eigenvalue weighted by Crippen LogP contribution is 2.43. The van der Waals surface area contributed by atoms with Gasteiger partial charge in [-0.05, 0) is 55.2 Å². The molecule has 0 bridgehead atoms. The number of fused-ring (bicyclic) bond motifs is 1. The van der Waals surface area contributed by atoms with Gasteiger partial charge in [0.2, 0.25) is 17.7 Å². The number of carbonyl (C=O) groups excluding carboxylic acids is 2. The fraction of sp³-hybridized carbons (Fsp3) is 0.536. The summed E-state index contributed by atoms with van der Waals surface area (Å²) >= 11 is 0. The first kappa shape index (κ1) is 31.4. The van der Waals surface area contributed by atoms with Gasteiger partial charge in [-0.2, -0.15) is 27.1 Å². The first-order valence-electron chi connectivity index (χ1n) is 14.1. The van der Waals surface area contributed by atoms with E-state index in [-0.39, 0.29) is 24.3 Å². The lowest BCUT2D eigenvalue weighted by Gasteiger charge is -2.33. The minimum Gasteiger partial charge on any atom is -0.417 e. The number of rotatable bonds is 11. The van der Waals surface area contributed by atoms with Crippen LogP contribution in [-0.2, 0) is 4.79 Å². The Labute approximate surface area is 246 Å². The summed E-state index contributed by atoms with van der Waals surface area (Å²) in [5, 5.41) is 9.82. The summed E-state index contributed by atoms with van der Waals surface area (Å²) in [6, 6.07) is 2.54. The van der Waals surface area contributed by atoms with Gasteiger partial charge in [-0.25, -0.2) is 23.3 Å². The van der Waals surface area contributed by atoms with Gasteiger partial charge >= 0.3 is 12.8 Å². The lowest BCUT2D eigenvalue weighted by atomic mass is 9.81. The number of hydrogen-bond acceptors (Lipinski definition) is 6. The van der Waals surface area contributed by atoms with E-state index in [0.29, 0.717) is 16.9 Å². The van der Waals surface area contributed by atoms with Crippen LogP contribution in [0.3, 0.4) is 0 Å². The van der Waals surface area contributed by atoms with Crippen LogP contribution in [0.25, 0.3) is 5.65 Å². The van der Waals surface area contributed by atoms with E-state index in [2.05, 4.69) is 30.4 Å². The van der Waals surface area contributed by atoms with Crippen LogP contribution in [0.15, 0.2) is 36.8 Å². The summed E-state index contributed by atoms with van der Waals surface area (Å²) in [6.45, 7) is -3.15. The van der Waals surface area contributed by atoms with Gasteiger partial charge in [0.15, 0.2) is 5.65 Å². The Morgan fingerprint density at radius 1 is 1.05 bits per heavy atom. The van der Waals surface area contributed by atoms with Gasteiger partial charge in [0.25, 0.3) is 5.91 Å². The average molecular weight is 631 g/mol. The molecule has 2 amide bonds. The first-order valence-corrected chi connectivity index (χ1v) is 14.1. The highest BCUT2D eigenvalue weighted by molar-refractivity contribution is 5.94. The maximum Gasteiger partial charge on any atom is 0.389 e. The molecule has 2 fully saturated rings. The number of aromatic nitrogens is 4. The summed E-state index contributed by atoms with van der Waals surface area (Å²) in [5.74, 6) is -5.14. The molecule has 16 heteroatoms. The quantitative estimate of drug-likeness (QED) is 0.254. The van der Waals surface area contributed by atoms with E-state index in [4.69, 9.17) is 0 Å². The van der Waals surface area contributed by atoms with E-state index in [0.717, 1.165) is 25.1 Å². The summed E-state index contributed by atoms with van der Waals surface area (Å²) < 4.78 is 96.8. The maximum absolute atomic E-state index is 14.0. The van der Waals surface area contributed by atoms with Crippen LogP contribution in [0.1, 0.15) is 85.1 Å². The van der Waals surface area contributed by atoms with E-state index in [9.17, 15) is 40.3 Å². The van der Waals surface area contributed by atoms with Gasteiger partial charge in [-0.1, -0.05) is 0 Å². The predicted molar refractivity (Wildman–Crippen MR) is 140 cm³/mol. The average Bonchev–Trinajstić information content (AvgIpc) is 3.71. The fourth-order valence-corrected chi connectivity index (χ4v) is 5.39. The van der Waals surface area contributed by atoms with E-state index in [1.54, 1.807) is 6.07 Å². The largest absolute Gasteiger partial charge is 0.417 e. The SMILES string of the molecule is O=C(CCC(F)(F)F)N[C@@H](c1cnn2cc([C@@H](NC(=O)c3ccnc(OC(F)F)c3)C3CCC(F)(F)CC3)nc2c1)C1CC1. The summed E-state index contributed by atoms with van der Waals surface area (Å²) in [7, 11) is 0. The molecule has 5 rings (SSSR count). The van der Waals surface area contributed by atoms with Crippen molar-refractivity contribution in [3.8, 4) is 5.88 Å². The molecule has 0 unspecified atom stereocenters. The second-order valence-corrected chi connectivity index (χ2v) is 11.2. The Morgan fingerprint density at radius 2 is 1.75 bits per heavy atom. The Kier molecular flexibility index (Phi) is 8.97. The van der Waals surface area contributed by atoms with Crippen molar-refractivity contribution in [1.82, 2.24) is 30.2 Å². The number of hydrogen-bond donors (Lipinski definition) is 2. The molecule has 3 aromatic rings. The number of pyridine rings is 1. The molecule has 2 atom stereocenters. The van der Waals surface area contributed by atoms with Crippen LogP contribution in [0.2, 0.25) is 0 Å². The number of nitrogens with zero attached hydrogens (tertiary/aromatic N) is 4. The summed E-state index contributed by atoms with van der Waals surface area (Å²) in [5.41, 5.74) is 1.12. The second kappa shape index (κ2) is 12.6. The minimum absolute atomic E-state index is 0.0266. The van der Waals surface area contributed by atoms with Crippen LogP contribution in [0.5, 0.6) is 5.88 Å². The third-order valence-corrected chi connectivity index (χ3v) is 7.81. The molecule has 9 nitrogen and oxygen atoms in total. The first-order chi connectivity index (χ1) is 20.8. The Balaban J connectivity index is 1.39. The molecule has 0 aromatic carbocycles. The molecule has 0 spiro atoms. The zero-order chi connectivity index (χ0) is 31.6.